The highest BCUT2D eigenvalue weighted by atomic mass is 35.5. The van der Waals surface area contributed by atoms with E-state index in [-0.39, 0.29) is 12.4 Å². The minimum atomic E-state index is 0. The van der Waals surface area contributed by atoms with E-state index in [1.54, 1.807) is 0 Å². The van der Waals surface area contributed by atoms with E-state index >= 15 is 0 Å². The molecule has 0 aromatic carbocycles. The molecule has 1 aliphatic rings. The lowest BCUT2D eigenvalue weighted by molar-refractivity contribution is 0.365. The summed E-state index contributed by atoms with van der Waals surface area (Å²) in [6, 6.07) is 0. The Morgan fingerprint density at radius 3 is 2.22 bits per heavy atom. The maximum Gasteiger partial charge on any atom is -0.00463 e. The first-order valence-corrected chi connectivity index (χ1v) is 3.64. The summed E-state index contributed by atoms with van der Waals surface area (Å²) in [4.78, 5) is 0. The summed E-state index contributed by atoms with van der Waals surface area (Å²) in [7, 11) is 0. The molecule has 0 unspecified atom stereocenters. The van der Waals surface area contributed by atoms with E-state index in [0.29, 0.717) is 0 Å². The Hall–Kier alpha value is 0.250. The van der Waals surface area contributed by atoms with Crippen molar-refractivity contribution in [3.05, 3.63) is 0 Å². The van der Waals surface area contributed by atoms with Crippen LogP contribution in [0.4, 0.5) is 0 Å². The largest absolute Gasteiger partial charge is 0.317 e. The number of piperidine rings is 1. The fraction of sp³-hybridized carbons (Fsp3) is 1.00. The lowest BCUT2D eigenvalue weighted by atomic mass is 9.96. The highest BCUT2D eigenvalue weighted by Crippen LogP contribution is 2.13. The standard InChI is InChI=1S/C7H15N.ClH/c1-2-7-3-5-8-6-4-7;/h7-8H,2-6H2,1H3;1H. The molecule has 1 fully saturated rings. The normalized spacial score (nSPS) is 21.0. The van der Waals surface area contributed by atoms with Gasteiger partial charge in [-0.05, 0) is 31.8 Å². The molecular weight excluding hydrogens is 134 g/mol. The van der Waals surface area contributed by atoms with Crippen LogP contribution in [0, 0.1) is 5.92 Å². The smallest absolute Gasteiger partial charge is 0.00463 e. The molecule has 1 nitrogen and oxygen atoms in total. The van der Waals surface area contributed by atoms with Crippen molar-refractivity contribution in [2.45, 2.75) is 26.2 Å². The van der Waals surface area contributed by atoms with Crippen molar-refractivity contribution in [1.82, 2.24) is 5.32 Å². The van der Waals surface area contributed by atoms with Gasteiger partial charge in [-0.2, -0.15) is 0 Å². The zero-order chi connectivity index (χ0) is 5.82. The number of rotatable bonds is 1. The topological polar surface area (TPSA) is 12.0 Å². The second-order valence-electron chi connectivity index (χ2n) is 2.60. The van der Waals surface area contributed by atoms with Crippen LogP contribution in [0.3, 0.4) is 0 Å². The number of hydrogen-bond acceptors (Lipinski definition) is 1. The second kappa shape index (κ2) is 5.07. The molecule has 0 amide bonds. The molecule has 0 bridgehead atoms. The van der Waals surface area contributed by atoms with Crippen molar-refractivity contribution < 1.29 is 0 Å². The quantitative estimate of drug-likeness (QED) is 0.600. The maximum atomic E-state index is 3.35. The van der Waals surface area contributed by atoms with Crippen molar-refractivity contribution in [3.63, 3.8) is 0 Å². The van der Waals surface area contributed by atoms with E-state index < -0.39 is 0 Å². The summed E-state index contributed by atoms with van der Waals surface area (Å²) in [5, 5.41) is 3.35. The molecule has 1 heterocycles. The van der Waals surface area contributed by atoms with Gasteiger partial charge in [-0.1, -0.05) is 13.3 Å². The summed E-state index contributed by atoms with van der Waals surface area (Å²) in [6.07, 6.45) is 4.18. The molecule has 2 heteroatoms. The van der Waals surface area contributed by atoms with Crippen LogP contribution in [0.5, 0.6) is 0 Å². The Labute approximate surface area is 63.6 Å². The molecule has 0 aromatic rings. The first-order chi connectivity index (χ1) is 3.93. The fourth-order valence-corrected chi connectivity index (χ4v) is 1.29. The lowest BCUT2D eigenvalue weighted by Gasteiger charge is -2.20. The van der Waals surface area contributed by atoms with Gasteiger partial charge in [0.2, 0.25) is 0 Å². The molecule has 0 saturated carbocycles. The second-order valence-corrected chi connectivity index (χ2v) is 2.60. The molecular formula is C7H16ClN. The van der Waals surface area contributed by atoms with E-state index in [1.165, 1.54) is 32.4 Å². The number of hydrogen-bond donors (Lipinski definition) is 1. The van der Waals surface area contributed by atoms with Crippen molar-refractivity contribution >= 4 is 12.4 Å². The van der Waals surface area contributed by atoms with E-state index in [4.69, 9.17) is 0 Å². The molecule has 1 rings (SSSR count). The van der Waals surface area contributed by atoms with Gasteiger partial charge < -0.3 is 5.32 Å². The van der Waals surface area contributed by atoms with Crippen molar-refractivity contribution in [3.8, 4) is 0 Å². The molecule has 1 N–H and O–H groups in total. The third-order valence-electron chi connectivity index (χ3n) is 2.04. The van der Waals surface area contributed by atoms with Crippen molar-refractivity contribution in [1.29, 1.82) is 0 Å². The highest BCUT2D eigenvalue weighted by molar-refractivity contribution is 5.85. The van der Waals surface area contributed by atoms with Gasteiger partial charge >= 0.3 is 0 Å². The average molecular weight is 150 g/mol. The highest BCUT2D eigenvalue weighted by Gasteiger charge is 2.08. The van der Waals surface area contributed by atoms with Crippen LogP contribution < -0.4 is 5.32 Å². The first-order valence-electron chi connectivity index (χ1n) is 3.64. The summed E-state index contributed by atoms with van der Waals surface area (Å²) in [5.74, 6) is 1.02. The molecule has 56 valence electrons. The van der Waals surface area contributed by atoms with Crippen molar-refractivity contribution in [2.24, 2.45) is 5.92 Å². The summed E-state index contributed by atoms with van der Waals surface area (Å²) in [5.41, 5.74) is 0. The van der Waals surface area contributed by atoms with E-state index in [2.05, 4.69) is 12.2 Å². The Balaban J connectivity index is 0.000000640. The monoisotopic (exact) mass is 149 g/mol. The maximum absolute atomic E-state index is 3.35. The molecule has 9 heavy (non-hydrogen) atoms. The van der Waals surface area contributed by atoms with Gasteiger partial charge in [0.1, 0.15) is 0 Å². The van der Waals surface area contributed by atoms with Gasteiger partial charge in [-0.15, -0.1) is 12.4 Å². The molecule has 1 saturated heterocycles. The molecule has 0 radical (unpaired) electrons. The van der Waals surface area contributed by atoms with Crippen LogP contribution in [0.2, 0.25) is 0 Å². The van der Waals surface area contributed by atoms with Crippen LogP contribution >= 0.6 is 12.4 Å². The van der Waals surface area contributed by atoms with E-state index in [1.807, 2.05) is 0 Å². The fourth-order valence-electron chi connectivity index (χ4n) is 1.29. The van der Waals surface area contributed by atoms with Crippen LogP contribution in [0.25, 0.3) is 0 Å². The van der Waals surface area contributed by atoms with Gasteiger partial charge in [0.15, 0.2) is 0 Å². The zero-order valence-electron chi connectivity index (χ0n) is 6.02. The minimum Gasteiger partial charge on any atom is -0.317 e. The average Bonchev–Trinajstić information content (AvgIpc) is 1.90. The lowest BCUT2D eigenvalue weighted by Crippen LogP contribution is -2.27. The predicted molar refractivity (Wildman–Crippen MR) is 43.1 cm³/mol. The van der Waals surface area contributed by atoms with Gasteiger partial charge in [0, 0.05) is 0 Å². The first kappa shape index (κ1) is 9.25. The number of nitrogens with one attached hydrogen (secondary N) is 1. The summed E-state index contributed by atoms with van der Waals surface area (Å²) in [6.45, 7) is 4.78. The minimum absolute atomic E-state index is 0. The van der Waals surface area contributed by atoms with Gasteiger partial charge in [0.05, 0.1) is 0 Å². The Kier molecular flexibility index (Phi) is 5.21. The Morgan fingerprint density at radius 1 is 1.33 bits per heavy atom. The van der Waals surface area contributed by atoms with Crippen molar-refractivity contribution in [2.75, 3.05) is 13.1 Å². The molecule has 0 atom stereocenters. The predicted octanol–water partition coefficient (Wildman–Crippen LogP) is 1.82. The van der Waals surface area contributed by atoms with E-state index in [9.17, 15) is 0 Å². The third kappa shape index (κ3) is 3.07. The van der Waals surface area contributed by atoms with Crippen LogP contribution in [0.15, 0.2) is 0 Å². The third-order valence-corrected chi connectivity index (χ3v) is 2.04. The van der Waals surface area contributed by atoms with Crippen LogP contribution in [-0.4, -0.2) is 13.1 Å². The van der Waals surface area contributed by atoms with Gasteiger partial charge in [-0.3, -0.25) is 0 Å². The zero-order valence-corrected chi connectivity index (χ0v) is 6.84. The Morgan fingerprint density at radius 2 is 1.89 bits per heavy atom. The summed E-state index contributed by atoms with van der Waals surface area (Å²) >= 11 is 0. The SMILES string of the molecule is CCC1CCNCC1.Cl. The molecule has 0 aliphatic carbocycles. The molecule has 0 spiro atoms. The molecule has 1 aliphatic heterocycles. The van der Waals surface area contributed by atoms with Crippen LogP contribution in [0.1, 0.15) is 26.2 Å². The molecule has 0 aromatic heterocycles. The summed E-state index contributed by atoms with van der Waals surface area (Å²) < 4.78 is 0. The van der Waals surface area contributed by atoms with Crippen LogP contribution in [-0.2, 0) is 0 Å². The number of halogens is 1. The van der Waals surface area contributed by atoms with Gasteiger partial charge in [-0.25, -0.2) is 0 Å². The van der Waals surface area contributed by atoms with E-state index in [0.717, 1.165) is 5.92 Å². The van der Waals surface area contributed by atoms with Gasteiger partial charge in [0.25, 0.3) is 0 Å². The Bertz CT molecular complexity index is 59.9.